The minimum absolute atomic E-state index is 0.0555. The van der Waals surface area contributed by atoms with Crippen LogP contribution in [-0.2, 0) is 4.79 Å². The van der Waals surface area contributed by atoms with Crippen LogP contribution in [0, 0.1) is 11.7 Å². The fourth-order valence-electron chi connectivity index (χ4n) is 2.39. The number of rotatable bonds is 3. The van der Waals surface area contributed by atoms with Gasteiger partial charge in [-0.1, -0.05) is 0 Å². The van der Waals surface area contributed by atoms with E-state index in [1.165, 1.54) is 12.1 Å². The molecular formula is C15H15FN4O. The van der Waals surface area contributed by atoms with Crippen molar-refractivity contribution in [3.63, 3.8) is 0 Å². The van der Waals surface area contributed by atoms with Gasteiger partial charge in [0, 0.05) is 31.2 Å². The molecule has 2 aromatic rings. The number of carbonyl (C=O) groups excluding carboxylic acids is 1. The summed E-state index contributed by atoms with van der Waals surface area (Å²) in [7, 11) is 0. The van der Waals surface area contributed by atoms with Gasteiger partial charge in [0.2, 0.25) is 11.9 Å². The van der Waals surface area contributed by atoms with Gasteiger partial charge >= 0.3 is 0 Å². The first-order valence-corrected chi connectivity index (χ1v) is 6.81. The van der Waals surface area contributed by atoms with E-state index >= 15 is 0 Å². The smallest absolute Gasteiger partial charge is 0.229 e. The number of anilines is 2. The zero-order chi connectivity index (χ0) is 14.7. The van der Waals surface area contributed by atoms with Gasteiger partial charge < -0.3 is 10.2 Å². The van der Waals surface area contributed by atoms with Crippen molar-refractivity contribution in [1.82, 2.24) is 9.97 Å². The van der Waals surface area contributed by atoms with E-state index < -0.39 is 0 Å². The van der Waals surface area contributed by atoms with E-state index in [1.54, 1.807) is 30.6 Å². The number of nitrogens with zero attached hydrogens (tertiary/aromatic N) is 3. The average molecular weight is 286 g/mol. The summed E-state index contributed by atoms with van der Waals surface area (Å²) in [6.45, 7) is 1.35. The Kier molecular flexibility index (Phi) is 3.77. The Morgan fingerprint density at radius 2 is 1.95 bits per heavy atom. The van der Waals surface area contributed by atoms with E-state index in [1.807, 2.05) is 4.90 Å². The summed E-state index contributed by atoms with van der Waals surface area (Å²) in [5, 5.41) is 2.81. The van der Waals surface area contributed by atoms with Gasteiger partial charge in [0.15, 0.2) is 0 Å². The van der Waals surface area contributed by atoms with Crippen LogP contribution in [0.2, 0.25) is 0 Å². The second-order valence-corrected chi connectivity index (χ2v) is 4.98. The molecule has 1 aromatic heterocycles. The summed E-state index contributed by atoms with van der Waals surface area (Å²) in [6, 6.07) is 7.53. The standard InChI is InChI=1S/C15H15FN4O/c16-12-2-4-13(5-3-12)19-14(21)11-6-9-20(10-11)15-17-7-1-8-18-15/h1-5,7-8,11H,6,9-10H2,(H,19,21)/t11-/m1/s1. The maximum atomic E-state index is 12.8. The van der Waals surface area contributed by atoms with Gasteiger partial charge in [0.1, 0.15) is 5.82 Å². The van der Waals surface area contributed by atoms with E-state index in [0.29, 0.717) is 18.2 Å². The summed E-state index contributed by atoms with van der Waals surface area (Å²) < 4.78 is 12.8. The van der Waals surface area contributed by atoms with Crippen LogP contribution in [0.25, 0.3) is 0 Å². The monoisotopic (exact) mass is 286 g/mol. The lowest BCUT2D eigenvalue weighted by atomic mass is 10.1. The van der Waals surface area contributed by atoms with Crippen LogP contribution in [0.4, 0.5) is 16.0 Å². The second-order valence-electron chi connectivity index (χ2n) is 4.98. The molecule has 1 aromatic carbocycles. The van der Waals surface area contributed by atoms with Crippen molar-refractivity contribution in [2.75, 3.05) is 23.3 Å². The van der Waals surface area contributed by atoms with E-state index in [4.69, 9.17) is 0 Å². The van der Waals surface area contributed by atoms with E-state index in [9.17, 15) is 9.18 Å². The maximum Gasteiger partial charge on any atom is 0.229 e. The Labute approximate surface area is 121 Å². The summed E-state index contributed by atoms with van der Waals surface area (Å²) in [4.78, 5) is 22.6. The highest BCUT2D eigenvalue weighted by Gasteiger charge is 2.29. The third kappa shape index (κ3) is 3.16. The molecule has 2 heterocycles. The van der Waals surface area contributed by atoms with Crippen LogP contribution in [0.5, 0.6) is 0 Å². The Balaban J connectivity index is 1.61. The first-order chi connectivity index (χ1) is 10.2. The normalized spacial score (nSPS) is 17.8. The van der Waals surface area contributed by atoms with Crippen LogP contribution in [0.3, 0.4) is 0 Å². The highest BCUT2D eigenvalue weighted by atomic mass is 19.1. The van der Waals surface area contributed by atoms with Crippen molar-refractivity contribution in [2.24, 2.45) is 5.92 Å². The zero-order valence-electron chi connectivity index (χ0n) is 11.4. The van der Waals surface area contributed by atoms with Gasteiger partial charge in [-0.15, -0.1) is 0 Å². The summed E-state index contributed by atoms with van der Waals surface area (Å²) >= 11 is 0. The fourth-order valence-corrected chi connectivity index (χ4v) is 2.39. The number of nitrogens with one attached hydrogen (secondary N) is 1. The van der Waals surface area contributed by atoms with Gasteiger partial charge in [0.25, 0.3) is 0 Å². The first kappa shape index (κ1) is 13.5. The number of hydrogen-bond donors (Lipinski definition) is 1. The molecule has 0 aliphatic carbocycles. The number of hydrogen-bond acceptors (Lipinski definition) is 4. The van der Waals surface area contributed by atoms with Crippen molar-refractivity contribution >= 4 is 17.5 Å². The number of halogens is 1. The number of amides is 1. The highest BCUT2D eigenvalue weighted by molar-refractivity contribution is 5.93. The molecule has 0 saturated carbocycles. The first-order valence-electron chi connectivity index (χ1n) is 6.81. The SMILES string of the molecule is O=C(Nc1ccc(F)cc1)[C@@H]1CCN(c2ncccn2)C1. The van der Waals surface area contributed by atoms with Crippen molar-refractivity contribution in [2.45, 2.75) is 6.42 Å². The van der Waals surface area contributed by atoms with Crippen LogP contribution < -0.4 is 10.2 Å². The zero-order valence-corrected chi connectivity index (χ0v) is 11.4. The molecule has 1 amide bonds. The van der Waals surface area contributed by atoms with Crippen LogP contribution in [0.15, 0.2) is 42.7 Å². The highest BCUT2D eigenvalue weighted by Crippen LogP contribution is 2.21. The van der Waals surface area contributed by atoms with Gasteiger partial charge in [-0.25, -0.2) is 14.4 Å². The van der Waals surface area contributed by atoms with E-state index in [0.717, 1.165) is 13.0 Å². The van der Waals surface area contributed by atoms with Gasteiger partial charge in [0.05, 0.1) is 5.92 Å². The molecule has 0 radical (unpaired) electrons. The van der Waals surface area contributed by atoms with Crippen LogP contribution in [0.1, 0.15) is 6.42 Å². The minimum atomic E-state index is -0.318. The molecule has 1 atom stereocenters. The molecule has 1 aliphatic rings. The van der Waals surface area contributed by atoms with Crippen LogP contribution >= 0.6 is 0 Å². The van der Waals surface area contributed by atoms with Gasteiger partial charge in [-0.2, -0.15) is 0 Å². The molecule has 0 spiro atoms. The van der Waals surface area contributed by atoms with Crippen molar-refractivity contribution in [3.8, 4) is 0 Å². The van der Waals surface area contributed by atoms with Crippen molar-refractivity contribution in [1.29, 1.82) is 0 Å². The molecule has 5 nitrogen and oxygen atoms in total. The lowest BCUT2D eigenvalue weighted by Gasteiger charge is -2.15. The molecule has 21 heavy (non-hydrogen) atoms. The summed E-state index contributed by atoms with van der Waals surface area (Å²) in [5.41, 5.74) is 0.607. The molecule has 6 heteroatoms. The molecule has 1 fully saturated rings. The quantitative estimate of drug-likeness (QED) is 0.938. The van der Waals surface area contributed by atoms with Crippen molar-refractivity contribution in [3.05, 3.63) is 48.5 Å². The molecular weight excluding hydrogens is 271 g/mol. The Morgan fingerprint density at radius 1 is 1.24 bits per heavy atom. The Bertz CT molecular complexity index is 617. The topological polar surface area (TPSA) is 58.1 Å². The summed E-state index contributed by atoms with van der Waals surface area (Å²) in [5.74, 6) is 0.162. The van der Waals surface area contributed by atoms with Crippen molar-refractivity contribution < 1.29 is 9.18 Å². The predicted octanol–water partition coefficient (Wildman–Crippen LogP) is 2.08. The average Bonchev–Trinajstić information content (AvgIpc) is 3.00. The number of carbonyl (C=O) groups is 1. The Morgan fingerprint density at radius 3 is 2.67 bits per heavy atom. The molecule has 1 N–H and O–H groups in total. The maximum absolute atomic E-state index is 12.8. The number of benzene rings is 1. The third-order valence-corrected chi connectivity index (χ3v) is 3.51. The molecule has 3 rings (SSSR count). The molecule has 108 valence electrons. The largest absolute Gasteiger partial charge is 0.340 e. The minimum Gasteiger partial charge on any atom is -0.340 e. The fraction of sp³-hybridized carbons (Fsp3) is 0.267. The molecule has 0 bridgehead atoms. The van der Waals surface area contributed by atoms with Crippen LogP contribution in [-0.4, -0.2) is 29.0 Å². The van der Waals surface area contributed by atoms with E-state index in [2.05, 4.69) is 15.3 Å². The number of aromatic nitrogens is 2. The molecule has 1 saturated heterocycles. The van der Waals surface area contributed by atoms with Gasteiger partial charge in [-0.05, 0) is 36.8 Å². The lowest BCUT2D eigenvalue weighted by Crippen LogP contribution is -2.27. The summed E-state index contributed by atoms with van der Waals surface area (Å²) in [6.07, 6.45) is 4.13. The lowest BCUT2D eigenvalue weighted by molar-refractivity contribution is -0.119. The van der Waals surface area contributed by atoms with E-state index in [-0.39, 0.29) is 17.6 Å². The third-order valence-electron chi connectivity index (χ3n) is 3.51. The van der Waals surface area contributed by atoms with Gasteiger partial charge in [-0.3, -0.25) is 4.79 Å². The second kappa shape index (κ2) is 5.87. The molecule has 0 unspecified atom stereocenters. The Hall–Kier alpha value is -2.50. The molecule has 1 aliphatic heterocycles. The predicted molar refractivity (Wildman–Crippen MR) is 77.4 cm³/mol.